The highest BCUT2D eigenvalue weighted by Crippen LogP contribution is 2.33. The van der Waals surface area contributed by atoms with E-state index < -0.39 is 10.0 Å². The van der Waals surface area contributed by atoms with Crippen molar-refractivity contribution in [2.75, 3.05) is 46.5 Å². The van der Waals surface area contributed by atoms with Gasteiger partial charge in [-0.2, -0.15) is 4.31 Å². The summed E-state index contributed by atoms with van der Waals surface area (Å²) < 4.78 is 44.0. The number of amides is 1. The fraction of sp³-hybridized carbons (Fsp3) is 0.409. The Morgan fingerprint density at radius 1 is 0.968 bits per heavy atom. The Kier molecular flexibility index (Phi) is 6.33. The molecule has 0 spiro atoms. The lowest BCUT2D eigenvalue weighted by Gasteiger charge is -2.34. The number of piperazine rings is 1. The Bertz CT molecular complexity index is 1030. The zero-order valence-electron chi connectivity index (χ0n) is 17.5. The van der Waals surface area contributed by atoms with Crippen LogP contribution < -0.4 is 14.2 Å². The normalized spacial score (nSPS) is 17.1. The van der Waals surface area contributed by atoms with Crippen molar-refractivity contribution in [3.05, 3.63) is 48.0 Å². The van der Waals surface area contributed by atoms with Crippen LogP contribution in [-0.2, 0) is 21.2 Å². The molecule has 8 nitrogen and oxygen atoms in total. The van der Waals surface area contributed by atoms with Crippen LogP contribution in [0.3, 0.4) is 0 Å². The Morgan fingerprint density at radius 3 is 2.32 bits per heavy atom. The van der Waals surface area contributed by atoms with Crippen molar-refractivity contribution in [2.24, 2.45) is 0 Å². The molecule has 1 amide bonds. The van der Waals surface area contributed by atoms with Crippen molar-refractivity contribution in [1.82, 2.24) is 9.21 Å². The molecular formula is C22H26N2O6S. The van der Waals surface area contributed by atoms with Crippen molar-refractivity contribution in [3.8, 4) is 17.2 Å². The van der Waals surface area contributed by atoms with Crippen LogP contribution >= 0.6 is 0 Å². The Morgan fingerprint density at radius 2 is 1.65 bits per heavy atom. The van der Waals surface area contributed by atoms with Crippen LogP contribution in [0.25, 0.3) is 0 Å². The largest absolute Gasteiger partial charge is 0.497 e. The first kappa shape index (κ1) is 21.5. The second-order valence-electron chi connectivity index (χ2n) is 7.47. The Balaban J connectivity index is 1.38. The van der Waals surface area contributed by atoms with Gasteiger partial charge in [0, 0.05) is 38.7 Å². The summed E-state index contributed by atoms with van der Waals surface area (Å²) in [7, 11) is -2.08. The Labute approximate surface area is 182 Å². The quantitative estimate of drug-likeness (QED) is 0.698. The molecule has 0 radical (unpaired) electrons. The topological polar surface area (TPSA) is 85.4 Å². The maximum absolute atomic E-state index is 13.1. The van der Waals surface area contributed by atoms with Crippen molar-refractivity contribution >= 4 is 15.9 Å². The smallest absolute Gasteiger partial charge is 0.243 e. The molecule has 0 atom stereocenters. The van der Waals surface area contributed by atoms with E-state index in [1.54, 1.807) is 24.1 Å². The summed E-state index contributed by atoms with van der Waals surface area (Å²) in [4.78, 5) is 14.5. The molecule has 2 aromatic carbocycles. The van der Waals surface area contributed by atoms with E-state index in [-0.39, 0.29) is 30.3 Å². The number of carbonyl (C=O) groups is 1. The van der Waals surface area contributed by atoms with E-state index >= 15 is 0 Å². The van der Waals surface area contributed by atoms with Gasteiger partial charge in [-0.25, -0.2) is 8.42 Å². The molecule has 1 saturated heterocycles. The average molecular weight is 447 g/mol. The molecule has 0 N–H and O–H groups in total. The standard InChI is InChI=1S/C22H26N2O6S/c1-28-18-5-3-17(4-6-18)15-22(25)23-9-11-24(12-10-23)31(26,27)19-7-8-20-21(16-19)30-14-2-13-29-20/h3-8,16H,2,9-15H2,1H3. The number of benzene rings is 2. The molecule has 2 aliphatic rings. The predicted octanol–water partition coefficient (Wildman–Crippen LogP) is 1.93. The van der Waals surface area contributed by atoms with Crippen LogP contribution in [0.1, 0.15) is 12.0 Å². The third kappa shape index (κ3) is 4.77. The summed E-state index contributed by atoms with van der Waals surface area (Å²) >= 11 is 0. The van der Waals surface area contributed by atoms with Crippen LogP contribution in [0.5, 0.6) is 17.2 Å². The molecule has 1 fully saturated rings. The molecule has 0 saturated carbocycles. The summed E-state index contributed by atoms with van der Waals surface area (Å²) in [5, 5.41) is 0. The zero-order chi connectivity index (χ0) is 21.8. The summed E-state index contributed by atoms with van der Waals surface area (Å²) in [5.41, 5.74) is 0.896. The maximum Gasteiger partial charge on any atom is 0.243 e. The summed E-state index contributed by atoms with van der Waals surface area (Å²) in [6.07, 6.45) is 1.03. The number of ether oxygens (including phenoxy) is 3. The van der Waals surface area contributed by atoms with Gasteiger partial charge in [0.05, 0.1) is 31.6 Å². The lowest BCUT2D eigenvalue weighted by Crippen LogP contribution is -2.50. The highest BCUT2D eigenvalue weighted by Gasteiger charge is 2.31. The number of methoxy groups -OCH3 is 1. The van der Waals surface area contributed by atoms with Gasteiger partial charge in [0.2, 0.25) is 15.9 Å². The fourth-order valence-electron chi connectivity index (χ4n) is 3.66. The van der Waals surface area contributed by atoms with Crippen LogP contribution in [-0.4, -0.2) is 70.0 Å². The highest BCUT2D eigenvalue weighted by atomic mass is 32.2. The molecule has 0 unspecified atom stereocenters. The lowest BCUT2D eigenvalue weighted by atomic mass is 10.1. The van der Waals surface area contributed by atoms with Gasteiger partial charge < -0.3 is 19.1 Å². The number of sulfonamides is 1. The molecule has 2 heterocycles. The Hall–Kier alpha value is -2.78. The number of hydrogen-bond acceptors (Lipinski definition) is 6. The minimum absolute atomic E-state index is 0.0159. The molecule has 2 aromatic rings. The zero-order valence-corrected chi connectivity index (χ0v) is 18.3. The lowest BCUT2D eigenvalue weighted by molar-refractivity contribution is -0.131. The third-order valence-corrected chi connectivity index (χ3v) is 7.36. The van der Waals surface area contributed by atoms with Gasteiger partial charge in [0.25, 0.3) is 0 Å². The summed E-state index contributed by atoms with van der Waals surface area (Å²) in [6.45, 7) is 2.27. The van der Waals surface area contributed by atoms with E-state index in [9.17, 15) is 13.2 Å². The molecule has 9 heteroatoms. The molecule has 0 bridgehead atoms. The number of rotatable bonds is 5. The first-order valence-corrected chi connectivity index (χ1v) is 11.7. The highest BCUT2D eigenvalue weighted by molar-refractivity contribution is 7.89. The van der Waals surface area contributed by atoms with Gasteiger partial charge in [0.1, 0.15) is 5.75 Å². The van der Waals surface area contributed by atoms with Gasteiger partial charge in [-0.1, -0.05) is 12.1 Å². The van der Waals surface area contributed by atoms with Gasteiger partial charge in [0.15, 0.2) is 11.5 Å². The van der Waals surface area contributed by atoms with E-state index in [1.807, 2.05) is 24.3 Å². The third-order valence-electron chi connectivity index (χ3n) is 5.46. The second-order valence-corrected chi connectivity index (χ2v) is 9.41. The van der Waals surface area contributed by atoms with Crippen LogP contribution in [0.15, 0.2) is 47.4 Å². The maximum atomic E-state index is 13.1. The summed E-state index contributed by atoms with van der Waals surface area (Å²) in [6, 6.07) is 12.1. The minimum atomic E-state index is -3.68. The van der Waals surface area contributed by atoms with Crippen molar-refractivity contribution in [3.63, 3.8) is 0 Å². The number of nitrogens with zero attached hydrogens (tertiary/aromatic N) is 2. The van der Waals surface area contributed by atoms with Gasteiger partial charge in [-0.05, 0) is 29.8 Å². The molecule has 0 aromatic heterocycles. The number of fused-ring (bicyclic) bond motifs is 1. The van der Waals surface area contributed by atoms with E-state index in [0.29, 0.717) is 37.8 Å². The molecule has 0 aliphatic carbocycles. The van der Waals surface area contributed by atoms with Crippen molar-refractivity contribution in [1.29, 1.82) is 0 Å². The first-order chi connectivity index (χ1) is 15.0. The van der Waals surface area contributed by atoms with Crippen LogP contribution in [0, 0.1) is 0 Å². The molecular weight excluding hydrogens is 420 g/mol. The fourth-order valence-corrected chi connectivity index (χ4v) is 5.10. The van der Waals surface area contributed by atoms with Gasteiger partial charge in [-0.3, -0.25) is 4.79 Å². The number of carbonyl (C=O) groups excluding carboxylic acids is 1. The van der Waals surface area contributed by atoms with Crippen LogP contribution in [0.4, 0.5) is 0 Å². The van der Waals surface area contributed by atoms with Gasteiger partial charge >= 0.3 is 0 Å². The monoisotopic (exact) mass is 446 g/mol. The van der Waals surface area contributed by atoms with E-state index in [1.165, 1.54) is 10.4 Å². The minimum Gasteiger partial charge on any atom is -0.497 e. The van der Waals surface area contributed by atoms with E-state index in [4.69, 9.17) is 14.2 Å². The van der Waals surface area contributed by atoms with Crippen molar-refractivity contribution in [2.45, 2.75) is 17.7 Å². The average Bonchev–Trinajstić information content (AvgIpc) is 3.04. The number of hydrogen-bond donors (Lipinski definition) is 0. The van der Waals surface area contributed by atoms with Crippen molar-refractivity contribution < 1.29 is 27.4 Å². The second kappa shape index (κ2) is 9.15. The van der Waals surface area contributed by atoms with Crippen LogP contribution in [0.2, 0.25) is 0 Å². The SMILES string of the molecule is COc1ccc(CC(=O)N2CCN(S(=O)(=O)c3ccc4c(c3)OCCCO4)CC2)cc1. The van der Waals surface area contributed by atoms with E-state index in [2.05, 4.69) is 0 Å². The molecule has 31 heavy (non-hydrogen) atoms. The molecule has 4 rings (SSSR count). The first-order valence-electron chi connectivity index (χ1n) is 10.3. The van der Waals surface area contributed by atoms with Gasteiger partial charge in [-0.15, -0.1) is 0 Å². The molecule has 166 valence electrons. The summed E-state index contributed by atoms with van der Waals surface area (Å²) in [5.74, 6) is 1.74. The molecule has 2 aliphatic heterocycles. The van der Waals surface area contributed by atoms with E-state index in [0.717, 1.165) is 17.7 Å². The predicted molar refractivity (Wildman–Crippen MR) is 114 cm³/mol.